The van der Waals surface area contributed by atoms with E-state index >= 15 is 0 Å². The molecule has 0 fully saturated rings. The van der Waals surface area contributed by atoms with E-state index in [4.69, 9.17) is 9.40 Å². The second-order valence-electron chi connectivity index (χ2n) is 14.3. The lowest BCUT2D eigenvalue weighted by Gasteiger charge is -2.13. The zero-order valence-corrected chi connectivity index (χ0v) is 30.3. The molecule has 12 rings (SSSR count). The van der Waals surface area contributed by atoms with Crippen molar-refractivity contribution in [2.75, 3.05) is 0 Å². The van der Waals surface area contributed by atoms with Crippen LogP contribution in [0.1, 0.15) is 0 Å². The highest BCUT2D eigenvalue weighted by Crippen LogP contribution is 2.45. The molecule has 4 heterocycles. The van der Waals surface area contributed by atoms with Gasteiger partial charge < -0.3 is 8.98 Å². The topological polar surface area (TPSA) is 31.0 Å². The normalized spacial score (nSPS) is 12.0. The number of para-hydroxylation sites is 2. The summed E-state index contributed by atoms with van der Waals surface area (Å²) in [5, 5.41) is 8.42. The van der Waals surface area contributed by atoms with Crippen LogP contribution in [0.15, 0.2) is 186 Å². The first-order valence-electron chi connectivity index (χ1n) is 18.6. The predicted molar refractivity (Wildman–Crippen MR) is 233 cm³/mol. The maximum absolute atomic E-state index is 6.95. The van der Waals surface area contributed by atoms with Crippen molar-refractivity contribution in [1.82, 2.24) is 9.55 Å². The molecule has 12 aromatic rings. The van der Waals surface area contributed by atoms with Gasteiger partial charge in [0.05, 0.1) is 22.2 Å². The minimum absolute atomic E-state index is 0.856. The zero-order valence-electron chi connectivity index (χ0n) is 29.5. The smallest absolute Gasteiger partial charge is 0.137 e. The van der Waals surface area contributed by atoms with E-state index in [2.05, 4.69) is 180 Å². The number of hydrogen-bond donors (Lipinski definition) is 0. The largest absolute Gasteiger partial charge is 0.456 e. The van der Waals surface area contributed by atoms with Crippen molar-refractivity contribution in [3.8, 4) is 39.2 Å². The predicted octanol–water partition coefficient (Wildman–Crippen LogP) is 14.6. The molecule has 0 saturated heterocycles. The van der Waals surface area contributed by atoms with E-state index in [1.165, 1.54) is 42.0 Å². The van der Waals surface area contributed by atoms with Gasteiger partial charge in [0.15, 0.2) is 0 Å². The van der Waals surface area contributed by atoms with Gasteiger partial charge in [-0.2, -0.15) is 0 Å². The number of hydrogen-bond acceptors (Lipinski definition) is 3. The maximum Gasteiger partial charge on any atom is 0.137 e. The van der Waals surface area contributed by atoms with Crippen LogP contribution in [0.2, 0.25) is 0 Å². The molecule has 0 bridgehead atoms. The Hall–Kier alpha value is -7.01. The molecule has 256 valence electrons. The van der Waals surface area contributed by atoms with Gasteiger partial charge in [-0.15, -0.1) is 11.3 Å². The number of pyridine rings is 1. The standard InChI is InChI=1S/C51H30N2OS/c1-3-13-31(14-4-1)33-25-42(39-29-44(32-15-5-2-6-16-32)52-43-20-10-7-17-35(39)43)51-38-24-23-34(27-47(38)54-48(51)26-33)53-45-21-11-8-18-36(45)40-28-41-37-19-9-12-22-49(37)55-50(41)30-46(40)53/h1-30H. The number of fused-ring (bicyclic) bond motifs is 10. The van der Waals surface area contributed by atoms with Crippen LogP contribution in [-0.2, 0) is 0 Å². The number of benzene rings is 8. The lowest BCUT2D eigenvalue weighted by molar-refractivity contribution is 0.669. The summed E-state index contributed by atoms with van der Waals surface area (Å²) in [6.07, 6.45) is 0. The van der Waals surface area contributed by atoms with Gasteiger partial charge in [0.25, 0.3) is 0 Å². The van der Waals surface area contributed by atoms with Crippen molar-refractivity contribution >= 4 is 86.2 Å². The summed E-state index contributed by atoms with van der Waals surface area (Å²) < 4.78 is 12.0. The van der Waals surface area contributed by atoms with Gasteiger partial charge in [0, 0.05) is 64.4 Å². The van der Waals surface area contributed by atoms with Gasteiger partial charge in [0.1, 0.15) is 11.2 Å². The average molecular weight is 719 g/mol. The molecule has 0 radical (unpaired) electrons. The van der Waals surface area contributed by atoms with Gasteiger partial charge in [-0.25, -0.2) is 4.98 Å². The SMILES string of the molecule is c1ccc(-c2cc(-c3cc(-c4ccccc4)nc4ccccc34)c3c(c2)oc2cc(-n4c5ccccc5c5cc6c(cc54)sc4ccccc46)ccc23)cc1. The monoisotopic (exact) mass is 718 g/mol. The van der Waals surface area contributed by atoms with E-state index in [9.17, 15) is 0 Å². The fourth-order valence-electron chi connectivity index (χ4n) is 8.66. The molecule has 0 aliphatic rings. The third kappa shape index (κ3) is 4.65. The van der Waals surface area contributed by atoms with Crippen molar-refractivity contribution < 1.29 is 4.42 Å². The molecule has 0 amide bonds. The van der Waals surface area contributed by atoms with Crippen molar-refractivity contribution in [1.29, 1.82) is 0 Å². The Morgan fingerprint density at radius 2 is 1.15 bits per heavy atom. The summed E-state index contributed by atoms with van der Waals surface area (Å²) in [5.41, 5.74) is 12.7. The van der Waals surface area contributed by atoms with Crippen LogP contribution in [0.3, 0.4) is 0 Å². The van der Waals surface area contributed by atoms with Gasteiger partial charge in [-0.1, -0.05) is 115 Å². The van der Waals surface area contributed by atoms with Gasteiger partial charge in [0.2, 0.25) is 0 Å². The second kappa shape index (κ2) is 11.7. The highest BCUT2D eigenvalue weighted by molar-refractivity contribution is 7.25. The molecule has 0 aliphatic carbocycles. The number of aromatic nitrogens is 2. The number of rotatable bonds is 4. The molecule has 55 heavy (non-hydrogen) atoms. The Labute approximate surface area is 320 Å². The van der Waals surface area contributed by atoms with E-state index in [-0.39, 0.29) is 0 Å². The Kier molecular flexibility index (Phi) is 6.50. The Balaban J connectivity index is 1.13. The van der Waals surface area contributed by atoms with Crippen molar-refractivity contribution in [3.05, 3.63) is 182 Å². The van der Waals surface area contributed by atoms with E-state index in [0.29, 0.717) is 0 Å². The van der Waals surface area contributed by atoms with E-state index in [0.717, 1.165) is 72.0 Å². The molecule has 0 saturated carbocycles. The minimum atomic E-state index is 0.856. The van der Waals surface area contributed by atoms with E-state index in [1.807, 2.05) is 17.4 Å². The first kappa shape index (κ1) is 30.5. The van der Waals surface area contributed by atoms with Crippen LogP contribution in [0.5, 0.6) is 0 Å². The average Bonchev–Trinajstić information content (AvgIpc) is 3.91. The number of nitrogens with zero attached hydrogens (tertiary/aromatic N) is 2. The van der Waals surface area contributed by atoms with Crippen LogP contribution in [0.4, 0.5) is 0 Å². The van der Waals surface area contributed by atoms with Crippen LogP contribution < -0.4 is 0 Å². The zero-order chi connectivity index (χ0) is 36.0. The first-order chi connectivity index (χ1) is 27.2. The molecule has 0 aliphatic heterocycles. The summed E-state index contributed by atoms with van der Waals surface area (Å²) in [7, 11) is 0. The highest BCUT2D eigenvalue weighted by atomic mass is 32.1. The summed E-state index contributed by atoms with van der Waals surface area (Å²) >= 11 is 1.86. The first-order valence-corrected chi connectivity index (χ1v) is 19.4. The molecule has 4 aromatic heterocycles. The Bertz CT molecular complexity index is 3480. The molecule has 0 N–H and O–H groups in total. The molecule has 3 nitrogen and oxygen atoms in total. The van der Waals surface area contributed by atoms with Gasteiger partial charge >= 0.3 is 0 Å². The second-order valence-corrected chi connectivity index (χ2v) is 15.4. The minimum Gasteiger partial charge on any atom is -0.456 e. The fraction of sp³-hybridized carbons (Fsp3) is 0. The lowest BCUT2D eigenvalue weighted by atomic mass is 9.91. The van der Waals surface area contributed by atoms with Crippen LogP contribution in [0, 0.1) is 0 Å². The third-order valence-electron chi connectivity index (χ3n) is 11.2. The Morgan fingerprint density at radius 1 is 0.418 bits per heavy atom. The van der Waals surface area contributed by atoms with E-state index in [1.54, 1.807) is 0 Å². The summed E-state index contributed by atoms with van der Waals surface area (Å²) in [4.78, 5) is 5.14. The molecular formula is C51H30N2OS. The van der Waals surface area contributed by atoms with Gasteiger partial charge in [-0.05, 0) is 82.9 Å². The molecular weight excluding hydrogens is 689 g/mol. The molecule has 0 unspecified atom stereocenters. The van der Waals surface area contributed by atoms with E-state index < -0.39 is 0 Å². The van der Waals surface area contributed by atoms with Gasteiger partial charge in [-0.3, -0.25) is 0 Å². The summed E-state index contributed by atoms with van der Waals surface area (Å²) in [6.45, 7) is 0. The van der Waals surface area contributed by atoms with Crippen molar-refractivity contribution in [2.45, 2.75) is 0 Å². The maximum atomic E-state index is 6.95. The van der Waals surface area contributed by atoms with Crippen molar-refractivity contribution in [2.24, 2.45) is 0 Å². The molecule has 4 heteroatoms. The summed E-state index contributed by atoms with van der Waals surface area (Å²) in [6, 6.07) is 65.3. The van der Waals surface area contributed by atoms with Crippen molar-refractivity contribution in [3.63, 3.8) is 0 Å². The molecule has 0 atom stereocenters. The highest BCUT2D eigenvalue weighted by Gasteiger charge is 2.21. The fourth-order valence-corrected chi connectivity index (χ4v) is 9.78. The number of thiophene rings is 1. The third-order valence-corrected chi connectivity index (χ3v) is 12.3. The summed E-state index contributed by atoms with van der Waals surface area (Å²) in [5.74, 6) is 0. The van der Waals surface area contributed by atoms with Crippen LogP contribution in [-0.4, -0.2) is 9.55 Å². The quantitative estimate of drug-likeness (QED) is 0.181. The molecule has 8 aromatic carbocycles. The molecule has 0 spiro atoms. The number of furan rings is 1. The lowest BCUT2D eigenvalue weighted by Crippen LogP contribution is -1.93. The Morgan fingerprint density at radius 3 is 2.00 bits per heavy atom. The van der Waals surface area contributed by atoms with Crippen LogP contribution in [0.25, 0.3) is 114 Å². The van der Waals surface area contributed by atoms with Crippen LogP contribution >= 0.6 is 11.3 Å².